The van der Waals surface area contributed by atoms with Crippen LogP contribution in [0.15, 0.2) is 24.3 Å². The van der Waals surface area contributed by atoms with Crippen molar-refractivity contribution < 1.29 is 30.6 Å². The first-order valence-electron chi connectivity index (χ1n) is 4.84. The van der Waals surface area contributed by atoms with Gasteiger partial charge < -0.3 is 0 Å². The fraction of sp³-hybridized carbons (Fsp3) is 0.300. The number of benzene rings is 1. The zero-order valence-corrected chi connectivity index (χ0v) is 11.0. The minimum Gasteiger partial charge on any atom is -0.291 e. The number of carbonyl (C=O) groups is 1. The molecule has 0 saturated heterocycles. The Morgan fingerprint density at radius 2 is 1.74 bits per heavy atom. The Morgan fingerprint density at radius 1 is 1.26 bits per heavy atom. The van der Waals surface area contributed by atoms with E-state index < -0.39 is 27.5 Å². The second-order valence-electron chi connectivity index (χ2n) is 3.51. The molecule has 1 atom stereocenters. The Bertz CT molecular complexity index is 565. The molecule has 19 heavy (non-hydrogen) atoms. The molecule has 0 fully saturated rings. The van der Waals surface area contributed by atoms with Gasteiger partial charge in [0, 0.05) is 10.6 Å². The first-order chi connectivity index (χ1) is 8.54. The van der Waals surface area contributed by atoms with Gasteiger partial charge in [0.2, 0.25) is 0 Å². The Morgan fingerprint density at radius 3 is 2.16 bits per heavy atom. The van der Waals surface area contributed by atoms with E-state index in [2.05, 4.69) is 4.18 Å². The third kappa shape index (κ3) is 3.92. The molecule has 4 nitrogen and oxygen atoms in total. The molecule has 0 aromatic heterocycles. The number of Topliss-reactive ketones (excluding diaryl/α,β-unsaturated/α-hetero) is 1. The minimum absolute atomic E-state index is 0.00530. The zero-order valence-electron chi connectivity index (χ0n) is 9.44. The molecule has 0 heterocycles. The van der Waals surface area contributed by atoms with E-state index in [9.17, 15) is 26.4 Å². The van der Waals surface area contributed by atoms with Crippen molar-refractivity contribution in [3.63, 3.8) is 0 Å². The van der Waals surface area contributed by atoms with Crippen molar-refractivity contribution in [2.24, 2.45) is 0 Å². The largest absolute Gasteiger partial charge is 0.523 e. The Balaban J connectivity index is 2.88. The Labute approximate surface area is 112 Å². The van der Waals surface area contributed by atoms with Crippen LogP contribution in [-0.4, -0.2) is 25.8 Å². The molecule has 0 aliphatic rings. The van der Waals surface area contributed by atoms with Gasteiger partial charge in [0.1, 0.15) is 6.10 Å². The van der Waals surface area contributed by atoms with Crippen molar-refractivity contribution in [3.05, 3.63) is 34.9 Å². The molecule has 0 aliphatic heterocycles. The van der Waals surface area contributed by atoms with Gasteiger partial charge in [-0.25, -0.2) is 0 Å². The summed E-state index contributed by atoms with van der Waals surface area (Å²) in [5.74, 6) is -0.899. The lowest BCUT2D eigenvalue weighted by molar-refractivity contribution is -0.0558. The van der Waals surface area contributed by atoms with Gasteiger partial charge in [-0.2, -0.15) is 21.6 Å². The summed E-state index contributed by atoms with van der Waals surface area (Å²) in [4.78, 5) is 11.7. The number of hydrogen-bond acceptors (Lipinski definition) is 4. The third-order valence-corrected chi connectivity index (χ3v) is 3.41. The summed E-state index contributed by atoms with van der Waals surface area (Å²) in [5.41, 5.74) is -5.57. The summed E-state index contributed by atoms with van der Waals surface area (Å²) < 4.78 is 61.5. The predicted molar refractivity (Wildman–Crippen MR) is 61.3 cm³/mol. The highest BCUT2D eigenvalue weighted by atomic mass is 35.5. The normalized spacial score (nSPS) is 14.2. The fourth-order valence-electron chi connectivity index (χ4n) is 1.14. The lowest BCUT2D eigenvalue weighted by atomic mass is 10.1. The molecular weight excluding hydrogens is 309 g/mol. The van der Waals surface area contributed by atoms with E-state index in [0.29, 0.717) is 5.02 Å². The highest BCUT2D eigenvalue weighted by Crippen LogP contribution is 2.26. The topological polar surface area (TPSA) is 60.4 Å². The van der Waals surface area contributed by atoms with E-state index in [4.69, 9.17) is 11.6 Å². The van der Waals surface area contributed by atoms with Crippen molar-refractivity contribution in [2.45, 2.75) is 18.5 Å². The van der Waals surface area contributed by atoms with Gasteiger partial charge in [-0.05, 0) is 31.2 Å². The third-order valence-electron chi connectivity index (χ3n) is 2.05. The predicted octanol–water partition coefficient (Wildman–Crippen LogP) is 2.78. The van der Waals surface area contributed by atoms with Gasteiger partial charge in [-0.3, -0.25) is 8.98 Å². The molecule has 106 valence electrons. The molecule has 1 aromatic carbocycles. The van der Waals surface area contributed by atoms with Crippen LogP contribution >= 0.6 is 11.6 Å². The van der Waals surface area contributed by atoms with E-state index >= 15 is 0 Å². The van der Waals surface area contributed by atoms with Crippen LogP contribution in [0.5, 0.6) is 0 Å². The van der Waals surface area contributed by atoms with Gasteiger partial charge in [-0.15, -0.1) is 0 Å². The molecule has 1 unspecified atom stereocenters. The highest BCUT2D eigenvalue weighted by Gasteiger charge is 2.48. The van der Waals surface area contributed by atoms with Crippen LogP contribution in [0.1, 0.15) is 17.3 Å². The number of carbonyl (C=O) groups excluding carboxylic acids is 1. The van der Waals surface area contributed by atoms with Gasteiger partial charge >= 0.3 is 15.6 Å². The van der Waals surface area contributed by atoms with Crippen LogP contribution in [-0.2, 0) is 14.3 Å². The lowest BCUT2D eigenvalue weighted by Crippen LogP contribution is -2.32. The van der Waals surface area contributed by atoms with Crippen molar-refractivity contribution in [1.82, 2.24) is 0 Å². The van der Waals surface area contributed by atoms with Crippen LogP contribution in [0.4, 0.5) is 13.2 Å². The monoisotopic (exact) mass is 316 g/mol. The van der Waals surface area contributed by atoms with Crippen LogP contribution in [0.25, 0.3) is 0 Å². The number of halogens is 4. The number of alkyl halides is 3. The number of ketones is 1. The summed E-state index contributed by atoms with van der Waals surface area (Å²) in [5, 5.41) is 0.327. The van der Waals surface area contributed by atoms with Crippen molar-refractivity contribution in [3.8, 4) is 0 Å². The van der Waals surface area contributed by atoms with Crippen LogP contribution in [0.2, 0.25) is 5.02 Å². The van der Waals surface area contributed by atoms with Gasteiger partial charge in [0.15, 0.2) is 5.78 Å². The van der Waals surface area contributed by atoms with Gasteiger partial charge in [0.05, 0.1) is 0 Å². The number of rotatable bonds is 4. The molecular formula is C10H8ClF3O4S. The molecule has 1 aromatic rings. The summed E-state index contributed by atoms with van der Waals surface area (Å²) in [6, 6.07) is 5.20. The van der Waals surface area contributed by atoms with Crippen molar-refractivity contribution in [1.29, 1.82) is 0 Å². The standard InChI is InChI=1S/C10H8ClF3O4S/c1-6(18-19(16,17)10(12,13)14)9(15)7-2-4-8(11)5-3-7/h2-6H,1H3. The SMILES string of the molecule is CC(OS(=O)(=O)C(F)(F)F)C(=O)c1ccc(Cl)cc1. The van der Waals surface area contributed by atoms with Gasteiger partial charge in [0.25, 0.3) is 0 Å². The summed E-state index contributed by atoms with van der Waals surface area (Å²) in [6.07, 6.45) is -1.78. The highest BCUT2D eigenvalue weighted by molar-refractivity contribution is 7.87. The maximum Gasteiger partial charge on any atom is 0.523 e. The smallest absolute Gasteiger partial charge is 0.291 e. The molecule has 0 aliphatic carbocycles. The zero-order chi connectivity index (χ0) is 14.8. The maximum absolute atomic E-state index is 12.1. The van der Waals surface area contributed by atoms with E-state index in [1.807, 2.05) is 0 Å². The average Bonchev–Trinajstić information content (AvgIpc) is 2.27. The molecule has 0 amide bonds. The molecule has 0 spiro atoms. The number of hydrogen-bond donors (Lipinski definition) is 0. The molecule has 0 bridgehead atoms. The Kier molecular flexibility index (Phi) is 4.59. The fourth-order valence-corrected chi connectivity index (χ4v) is 1.84. The quantitative estimate of drug-likeness (QED) is 0.487. The van der Waals surface area contributed by atoms with E-state index in [0.717, 1.165) is 6.92 Å². The maximum atomic E-state index is 12.1. The second kappa shape index (κ2) is 5.48. The van der Waals surface area contributed by atoms with Gasteiger partial charge in [-0.1, -0.05) is 11.6 Å². The molecule has 0 saturated carbocycles. The minimum atomic E-state index is -5.81. The molecule has 0 N–H and O–H groups in total. The summed E-state index contributed by atoms with van der Waals surface area (Å²) >= 11 is 5.58. The van der Waals surface area contributed by atoms with Crippen LogP contribution < -0.4 is 0 Å². The van der Waals surface area contributed by atoms with Crippen LogP contribution in [0, 0.1) is 0 Å². The van der Waals surface area contributed by atoms with Crippen LogP contribution in [0.3, 0.4) is 0 Å². The molecule has 0 radical (unpaired) electrons. The average molecular weight is 317 g/mol. The molecule has 9 heteroatoms. The van der Waals surface area contributed by atoms with E-state index in [-0.39, 0.29) is 5.56 Å². The van der Waals surface area contributed by atoms with E-state index in [1.54, 1.807) is 0 Å². The second-order valence-corrected chi connectivity index (χ2v) is 5.51. The summed E-state index contributed by atoms with van der Waals surface area (Å²) in [6.45, 7) is 0.917. The summed E-state index contributed by atoms with van der Waals surface area (Å²) in [7, 11) is -5.81. The lowest BCUT2D eigenvalue weighted by Gasteiger charge is -2.13. The first kappa shape index (κ1) is 15.9. The molecule has 1 rings (SSSR count). The van der Waals surface area contributed by atoms with E-state index in [1.165, 1.54) is 24.3 Å². The van der Waals surface area contributed by atoms with Crippen molar-refractivity contribution in [2.75, 3.05) is 0 Å². The van der Waals surface area contributed by atoms with Crippen molar-refractivity contribution >= 4 is 27.5 Å². The Hall–Kier alpha value is -1.12. The first-order valence-corrected chi connectivity index (χ1v) is 6.62.